The number of rotatable bonds is 12. The molecule has 0 rings (SSSR count). The molecule has 0 aliphatic rings. The van der Waals surface area contributed by atoms with Gasteiger partial charge in [-0.2, -0.15) is 0 Å². The highest BCUT2D eigenvalue weighted by atomic mass is 16.3. The molecule has 0 aromatic heterocycles. The van der Waals surface area contributed by atoms with Crippen molar-refractivity contribution in [3.63, 3.8) is 0 Å². The summed E-state index contributed by atoms with van der Waals surface area (Å²) in [5, 5.41) is 21.8. The number of aliphatic hydroxyl groups excluding tert-OH is 2. The molecule has 0 fully saturated rings. The molecule has 1 amide bonds. The van der Waals surface area contributed by atoms with Gasteiger partial charge in [0.25, 0.3) is 0 Å². The first kappa shape index (κ1) is 19.1. The Morgan fingerprint density at radius 2 is 1.85 bits per heavy atom. The van der Waals surface area contributed by atoms with Gasteiger partial charge in [0, 0.05) is 6.42 Å². The normalized spacial score (nSPS) is 14.4. The van der Waals surface area contributed by atoms with Crippen LogP contribution in [0.25, 0.3) is 0 Å². The van der Waals surface area contributed by atoms with Gasteiger partial charge in [0.1, 0.15) is 0 Å². The predicted molar refractivity (Wildman–Crippen MR) is 82.4 cm³/mol. The van der Waals surface area contributed by atoms with E-state index in [1.807, 2.05) is 6.08 Å². The lowest BCUT2D eigenvalue weighted by Gasteiger charge is -2.19. The van der Waals surface area contributed by atoms with Gasteiger partial charge in [0.15, 0.2) is 0 Å². The Balaban J connectivity index is 3.93. The molecule has 0 aromatic carbocycles. The number of carbonyl (C=O) groups is 1. The average molecular weight is 285 g/mol. The van der Waals surface area contributed by atoms with Gasteiger partial charge in [0.2, 0.25) is 5.91 Å². The summed E-state index contributed by atoms with van der Waals surface area (Å²) in [4.78, 5) is 11.7. The third-order valence-corrected chi connectivity index (χ3v) is 3.25. The van der Waals surface area contributed by atoms with Gasteiger partial charge in [0.05, 0.1) is 18.8 Å². The van der Waals surface area contributed by atoms with Gasteiger partial charge in [-0.1, -0.05) is 58.1 Å². The monoisotopic (exact) mass is 285 g/mol. The molecule has 118 valence electrons. The molecule has 2 atom stereocenters. The van der Waals surface area contributed by atoms with Crippen LogP contribution in [0.3, 0.4) is 0 Å². The summed E-state index contributed by atoms with van der Waals surface area (Å²) in [6.07, 6.45) is 10.6. The fraction of sp³-hybridized carbons (Fsp3) is 0.812. The van der Waals surface area contributed by atoms with E-state index in [4.69, 9.17) is 0 Å². The Labute approximate surface area is 123 Å². The Bertz CT molecular complexity index is 266. The van der Waals surface area contributed by atoms with E-state index in [1.54, 1.807) is 6.08 Å². The topological polar surface area (TPSA) is 69.6 Å². The van der Waals surface area contributed by atoms with Crippen LogP contribution in [-0.2, 0) is 4.79 Å². The second kappa shape index (κ2) is 13.1. The molecule has 0 aliphatic heterocycles. The SMILES string of the molecule is CCC/C=C/C(O)C(CO)NC(=O)CCCCCCC. The Morgan fingerprint density at radius 3 is 2.45 bits per heavy atom. The number of carbonyl (C=O) groups excluding carboxylic acids is 1. The maximum Gasteiger partial charge on any atom is 0.220 e. The molecule has 0 spiro atoms. The third kappa shape index (κ3) is 9.98. The molecule has 0 saturated heterocycles. The van der Waals surface area contributed by atoms with Crippen LogP contribution in [0.1, 0.15) is 65.2 Å². The number of nitrogens with one attached hydrogen (secondary N) is 1. The van der Waals surface area contributed by atoms with Crippen LogP contribution in [0.4, 0.5) is 0 Å². The zero-order valence-electron chi connectivity index (χ0n) is 13.0. The van der Waals surface area contributed by atoms with Crippen molar-refractivity contribution < 1.29 is 15.0 Å². The summed E-state index contributed by atoms with van der Waals surface area (Å²) >= 11 is 0. The average Bonchev–Trinajstić information content (AvgIpc) is 2.44. The largest absolute Gasteiger partial charge is 0.394 e. The molecule has 3 N–H and O–H groups in total. The van der Waals surface area contributed by atoms with Crippen LogP contribution in [0.5, 0.6) is 0 Å². The number of unbranched alkanes of at least 4 members (excludes halogenated alkanes) is 5. The van der Waals surface area contributed by atoms with Crippen LogP contribution < -0.4 is 5.32 Å². The van der Waals surface area contributed by atoms with Crippen molar-refractivity contribution >= 4 is 5.91 Å². The van der Waals surface area contributed by atoms with E-state index < -0.39 is 12.1 Å². The zero-order valence-corrected chi connectivity index (χ0v) is 13.0. The molecule has 0 heterocycles. The predicted octanol–water partition coefficient (Wildman–Crippen LogP) is 2.54. The smallest absolute Gasteiger partial charge is 0.220 e. The minimum absolute atomic E-state index is 0.0940. The van der Waals surface area contributed by atoms with Gasteiger partial charge in [-0.15, -0.1) is 0 Å². The van der Waals surface area contributed by atoms with Crippen molar-refractivity contribution in [2.45, 2.75) is 77.4 Å². The summed E-state index contributed by atoms with van der Waals surface area (Å²) in [6, 6.07) is -0.605. The molecule has 20 heavy (non-hydrogen) atoms. The fourth-order valence-corrected chi connectivity index (χ4v) is 1.94. The van der Waals surface area contributed by atoms with Crippen molar-refractivity contribution in [3.05, 3.63) is 12.2 Å². The lowest BCUT2D eigenvalue weighted by Crippen LogP contribution is -2.45. The van der Waals surface area contributed by atoms with Gasteiger partial charge in [-0.05, 0) is 12.8 Å². The van der Waals surface area contributed by atoms with Crippen molar-refractivity contribution in [2.75, 3.05) is 6.61 Å². The maximum atomic E-state index is 11.7. The Kier molecular flexibility index (Phi) is 12.6. The van der Waals surface area contributed by atoms with Crippen molar-refractivity contribution in [1.82, 2.24) is 5.32 Å². The molecule has 0 bridgehead atoms. The standard InChI is InChI=1S/C16H31NO3/c1-3-5-7-8-10-12-16(20)17-14(13-18)15(19)11-9-6-4-2/h9,11,14-15,18-19H,3-8,10,12-13H2,1-2H3,(H,17,20)/b11-9+. The summed E-state index contributed by atoms with van der Waals surface area (Å²) in [6.45, 7) is 3.96. The van der Waals surface area contributed by atoms with Gasteiger partial charge in [-0.25, -0.2) is 0 Å². The molecule has 0 aliphatic carbocycles. The van der Waals surface area contributed by atoms with E-state index >= 15 is 0 Å². The quantitative estimate of drug-likeness (QED) is 0.381. The summed E-state index contributed by atoms with van der Waals surface area (Å²) in [7, 11) is 0. The van der Waals surface area contributed by atoms with E-state index in [0.717, 1.165) is 32.1 Å². The van der Waals surface area contributed by atoms with Gasteiger partial charge in [-0.3, -0.25) is 4.79 Å². The molecule has 0 radical (unpaired) electrons. The van der Waals surface area contributed by atoms with E-state index in [-0.39, 0.29) is 12.5 Å². The highest BCUT2D eigenvalue weighted by molar-refractivity contribution is 5.76. The van der Waals surface area contributed by atoms with E-state index in [9.17, 15) is 15.0 Å². The first-order chi connectivity index (χ1) is 9.65. The van der Waals surface area contributed by atoms with Gasteiger partial charge < -0.3 is 15.5 Å². The molecule has 0 aromatic rings. The number of aliphatic hydroxyl groups is 2. The van der Waals surface area contributed by atoms with Crippen LogP contribution >= 0.6 is 0 Å². The molecule has 0 saturated carbocycles. The van der Waals surface area contributed by atoms with Crippen molar-refractivity contribution in [3.8, 4) is 0 Å². The number of allylic oxidation sites excluding steroid dienone is 1. The van der Waals surface area contributed by atoms with Crippen LogP contribution in [-0.4, -0.2) is 34.9 Å². The van der Waals surface area contributed by atoms with Crippen LogP contribution in [0.2, 0.25) is 0 Å². The Hall–Kier alpha value is -0.870. The first-order valence-electron chi connectivity index (χ1n) is 7.90. The molecular weight excluding hydrogens is 254 g/mol. The fourth-order valence-electron chi connectivity index (χ4n) is 1.94. The second-order valence-electron chi connectivity index (χ2n) is 5.23. The van der Waals surface area contributed by atoms with Gasteiger partial charge >= 0.3 is 0 Å². The van der Waals surface area contributed by atoms with E-state index in [2.05, 4.69) is 19.2 Å². The molecule has 2 unspecified atom stereocenters. The molecular formula is C16H31NO3. The minimum atomic E-state index is -0.824. The van der Waals surface area contributed by atoms with E-state index in [0.29, 0.717) is 6.42 Å². The first-order valence-corrected chi connectivity index (χ1v) is 7.90. The molecule has 4 heteroatoms. The van der Waals surface area contributed by atoms with Crippen molar-refractivity contribution in [1.29, 1.82) is 0 Å². The van der Waals surface area contributed by atoms with Crippen LogP contribution in [0.15, 0.2) is 12.2 Å². The van der Waals surface area contributed by atoms with Crippen LogP contribution in [0, 0.1) is 0 Å². The Morgan fingerprint density at radius 1 is 1.15 bits per heavy atom. The molecule has 4 nitrogen and oxygen atoms in total. The van der Waals surface area contributed by atoms with Crippen molar-refractivity contribution in [2.24, 2.45) is 0 Å². The second-order valence-corrected chi connectivity index (χ2v) is 5.23. The number of hydrogen-bond donors (Lipinski definition) is 3. The third-order valence-electron chi connectivity index (χ3n) is 3.25. The highest BCUT2D eigenvalue weighted by Crippen LogP contribution is 2.05. The number of amides is 1. The summed E-state index contributed by atoms with van der Waals surface area (Å²) in [5.41, 5.74) is 0. The number of hydrogen-bond acceptors (Lipinski definition) is 3. The highest BCUT2D eigenvalue weighted by Gasteiger charge is 2.17. The minimum Gasteiger partial charge on any atom is -0.394 e. The summed E-state index contributed by atoms with van der Waals surface area (Å²) in [5.74, 6) is -0.0940. The lowest BCUT2D eigenvalue weighted by molar-refractivity contribution is -0.123. The zero-order chi connectivity index (χ0) is 15.2. The maximum absolute atomic E-state index is 11.7. The van der Waals surface area contributed by atoms with E-state index in [1.165, 1.54) is 12.8 Å². The summed E-state index contributed by atoms with van der Waals surface area (Å²) < 4.78 is 0. The lowest BCUT2D eigenvalue weighted by atomic mass is 10.1.